The second-order valence-electron chi connectivity index (χ2n) is 8.56. The van der Waals surface area contributed by atoms with E-state index in [1.54, 1.807) is 18.2 Å². The number of anilines is 1. The summed E-state index contributed by atoms with van der Waals surface area (Å²) >= 11 is 6.11. The number of aryl methyl sites for hydroxylation is 1. The van der Waals surface area contributed by atoms with Crippen molar-refractivity contribution in [1.82, 2.24) is 5.43 Å². The van der Waals surface area contributed by atoms with Crippen molar-refractivity contribution in [3.63, 3.8) is 0 Å². The molecule has 0 radical (unpaired) electrons. The number of nitrogens with zero attached hydrogens (tertiary/aromatic N) is 2. The first-order chi connectivity index (χ1) is 12.9. The van der Waals surface area contributed by atoms with Crippen LogP contribution in [0, 0.1) is 18.3 Å². The van der Waals surface area contributed by atoms with Crippen LogP contribution in [0.4, 0.5) is 5.69 Å². The smallest absolute Gasteiger partial charge is 0.260 e. The summed E-state index contributed by atoms with van der Waals surface area (Å²) in [4.78, 5) is 12.3. The molecule has 0 bridgehead atoms. The molecule has 6 nitrogen and oxygen atoms in total. The van der Waals surface area contributed by atoms with Crippen LogP contribution >= 0.6 is 11.6 Å². The van der Waals surface area contributed by atoms with Crippen molar-refractivity contribution in [2.75, 3.05) is 17.1 Å². The summed E-state index contributed by atoms with van der Waals surface area (Å²) in [6, 6.07) is 4.90. The van der Waals surface area contributed by atoms with Gasteiger partial charge in [-0.1, -0.05) is 38.4 Å². The van der Waals surface area contributed by atoms with Crippen LogP contribution in [-0.2, 0) is 14.8 Å². The predicted octanol–water partition coefficient (Wildman–Crippen LogP) is 4.12. The van der Waals surface area contributed by atoms with E-state index in [0.29, 0.717) is 16.6 Å². The summed E-state index contributed by atoms with van der Waals surface area (Å²) in [5, 5.41) is 4.68. The van der Waals surface area contributed by atoms with Gasteiger partial charge in [0, 0.05) is 10.7 Å². The Balaban J connectivity index is 2.02. The molecular formula is C20H30ClN3O3S. The summed E-state index contributed by atoms with van der Waals surface area (Å²) < 4.78 is 25.4. The van der Waals surface area contributed by atoms with Crippen molar-refractivity contribution in [2.45, 2.75) is 53.4 Å². The van der Waals surface area contributed by atoms with E-state index in [-0.39, 0.29) is 12.0 Å². The molecule has 8 heteroatoms. The Morgan fingerprint density at radius 2 is 1.89 bits per heavy atom. The molecule has 0 aromatic heterocycles. The fourth-order valence-electron chi connectivity index (χ4n) is 3.37. The number of rotatable bonds is 5. The molecule has 1 amide bonds. The highest BCUT2D eigenvalue weighted by Gasteiger charge is 2.28. The van der Waals surface area contributed by atoms with Gasteiger partial charge in [0.25, 0.3) is 5.91 Å². The van der Waals surface area contributed by atoms with Crippen LogP contribution in [-0.4, -0.2) is 32.8 Å². The number of benzene rings is 1. The number of halogens is 1. The third-order valence-electron chi connectivity index (χ3n) is 5.26. The van der Waals surface area contributed by atoms with E-state index < -0.39 is 15.9 Å². The third kappa shape index (κ3) is 6.21. The number of hydrazone groups is 1. The van der Waals surface area contributed by atoms with Crippen molar-refractivity contribution < 1.29 is 13.2 Å². The monoisotopic (exact) mass is 427 g/mol. The van der Waals surface area contributed by atoms with Gasteiger partial charge in [-0.2, -0.15) is 5.10 Å². The van der Waals surface area contributed by atoms with Gasteiger partial charge in [0.15, 0.2) is 0 Å². The number of nitrogens with one attached hydrogen (secondary N) is 1. The lowest BCUT2D eigenvalue weighted by Gasteiger charge is -2.34. The topological polar surface area (TPSA) is 78.8 Å². The zero-order valence-electron chi connectivity index (χ0n) is 17.3. The van der Waals surface area contributed by atoms with Gasteiger partial charge < -0.3 is 0 Å². The van der Waals surface area contributed by atoms with Crippen molar-refractivity contribution >= 4 is 38.9 Å². The summed E-state index contributed by atoms with van der Waals surface area (Å²) in [5.41, 5.74) is 4.94. The Hall–Kier alpha value is -1.60. The minimum absolute atomic E-state index is 0.278. The maximum atomic E-state index is 12.3. The lowest BCUT2D eigenvalue weighted by atomic mass is 9.72. The number of carbonyl (C=O) groups is 1. The normalized spacial score (nSPS) is 17.9. The summed E-state index contributed by atoms with van der Waals surface area (Å²) in [6.45, 7) is 8.23. The standard InChI is InChI=1S/C20H30ClN3O3S/c1-14-6-11-17(12-18(14)21)24(28(5,26)27)13-19(25)23-22-16-9-7-15(8-10-16)20(2,3)4/h6,11-12,15H,7-10,13H2,1-5H3,(H,23,25). The van der Waals surface area contributed by atoms with Gasteiger partial charge in [0.2, 0.25) is 10.0 Å². The lowest BCUT2D eigenvalue weighted by Crippen LogP contribution is -2.39. The fourth-order valence-corrected chi connectivity index (χ4v) is 4.40. The number of carbonyl (C=O) groups excluding carboxylic acids is 1. The maximum Gasteiger partial charge on any atom is 0.260 e. The summed E-state index contributed by atoms with van der Waals surface area (Å²) in [5.74, 6) is 0.168. The Morgan fingerprint density at radius 3 is 2.39 bits per heavy atom. The molecule has 1 aromatic carbocycles. The van der Waals surface area contributed by atoms with Crippen LogP contribution in [0.1, 0.15) is 52.0 Å². The van der Waals surface area contributed by atoms with Gasteiger partial charge >= 0.3 is 0 Å². The van der Waals surface area contributed by atoms with Crippen LogP contribution in [0.5, 0.6) is 0 Å². The van der Waals surface area contributed by atoms with Gasteiger partial charge in [-0.3, -0.25) is 9.10 Å². The van der Waals surface area contributed by atoms with E-state index in [1.165, 1.54) is 0 Å². The highest BCUT2D eigenvalue weighted by Crippen LogP contribution is 2.36. The molecule has 0 heterocycles. The Morgan fingerprint density at radius 1 is 1.29 bits per heavy atom. The van der Waals surface area contributed by atoms with Crippen molar-refractivity contribution in [3.8, 4) is 0 Å². The molecule has 0 spiro atoms. The van der Waals surface area contributed by atoms with E-state index >= 15 is 0 Å². The molecule has 1 N–H and O–H groups in total. The van der Waals surface area contributed by atoms with E-state index in [0.717, 1.165) is 47.5 Å². The van der Waals surface area contributed by atoms with E-state index in [2.05, 4.69) is 31.3 Å². The molecule has 2 rings (SSSR count). The van der Waals surface area contributed by atoms with Gasteiger partial charge in [0.1, 0.15) is 6.54 Å². The molecule has 0 atom stereocenters. The Labute approximate surface area is 173 Å². The Kier molecular flexibility index (Phi) is 7.15. The van der Waals surface area contributed by atoms with Crippen molar-refractivity contribution in [2.24, 2.45) is 16.4 Å². The van der Waals surface area contributed by atoms with Gasteiger partial charge in [-0.05, 0) is 61.6 Å². The first-order valence-electron chi connectivity index (χ1n) is 9.46. The highest BCUT2D eigenvalue weighted by atomic mass is 35.5. The average Bonchev–Trinajstić information content (AvgIpc) is 2.59. The van der Waals surface area contributed by atoms with Crippen LogP contribution in [0.3, 0.4) is 0 Å². The number of hydrogen-bond acceptors (Lipinski definition) is 4. The third-order valence-corrected chi connectivity index (χ3v) is 6.80. The van der Waals surface area contributed by atoms with Gasteiger partial charge in [-0.15, -0.1) is 0 Å². The van der Waals surface area contributed by atoms with Gasteiger partial charge in [0.05, 0.1) is 11.9 Å². The maximum absolute atomic E-state index is 12.3. The molecule has 156 valence electrons. The first-order valence-corrected chi connectivity index (χ1v) is 11.7. The second-order valence-corrected chi connectivity index (χ2v) is 10.9. The minimum atomic E-state index is -3.64. The predicted molar refractivity (Wildman–Crippen MR) is 115 cm³/mol. The fraction of sp³-hybridized carbons (Fsp3) is 0.600. The van der Waals surface area contributed by atoms with Crippen LogP contribution in [0.2, 0.25) is 5.02 Å². The van der Waals surface area contributed by atoms with Crippen LogP contribution in [0.25, 0.3) is 0 Å². The first kappa shape index (κ1) is 22.7. The SMILES string of the molecule is Cc1ccc(N(CC(=O)NN=C2CCC(C(C)(C)C)CC2)S(C)(=O)=O)cc1Cl. The minimum Gasteiger partial charge on any atom is -0.271 e. The van der Waals surface area contributed by atoms with Crippen molar-refractivity contribution in [3.05, 3.63) is 28.8 Å². The molecule has 28 heavy (non-hydrogen) atoms. The molecular weight excluding hydrogens is 398 g/mol. The molecule has 0 saturated heterocycles. The average molecular weight is 428 g/mol. The van der Waals surface area contributed by atoms with Gasteiger partial charge in [-0.25, -0.2) is 13.8 Å². The quantitative estimate of drug-likeness (QED) is 0.717. The largest absolute Gasteiger partial charge is 0.271 e. The van der Waals surface area contributed by atoms with E-state index in [9.17, 15) is 13.2 Å². The zero-order chi connectivity index (χ0) is 21.1. The van der Waals surface area contributed by atoms with Crippen molar-refractivity contribution in [1.29, 1.82) is 0 Å². The van der Waals surface area contributed by atoms with Crippen LogP contribution < -0.4 is 9.73 Å². The second kappa shape index (κ2) is 8.82. The number of hydrogen-bond donors (Lipinski definition) is 1. The Bertz CT molecular complexity index is 850. The molecule has 1 aliphatic carbocycles. The van der Waals surface area contributed by atoms with E-state index in [1.807, 2.05) is 6.92 Å². The molecule has 0 aliphatic heterocycles. The molecule has 1 fully saturated rings. The highest BCUT2D eigenvalue weighted by molar-refractivity contribution is 7.92. The summed E-state index contributed by atoms with van der Waals surface area (Å²) in [7, 11) is -3.64. The van der Waals surface area contributed by atoms with E-state index in [4.69, 9.17) is 11.6 Å². The molecule has 1 saturated carbocycles. The summed E-state index contributed by atoms with van der Waals surface area (Å²) in [6.07, 6.45) is 4.87. The molecule has 1 aliphatic rings. The molecule has 0 unspecified atom stereocenters. The lowest BCUT2D eigenvalue weighted by molar-refractivity contribution is -0.119. The molecule has 1 aromatic rings. The number of amides is 1. The van der Waals surface area contributed by atoms with Crippen LogP contribution in [0.15, 0.2) is 23.3 Å². The number of sulfonamides is 1. The zero-order valence-corrected chi connectivity index (χ0v) is 18.8.